The first-order valence-corrected chi connectivity index (χ1v) is 8.37. The minimum Gasteiger partial charge on any atom is -0.327 e. The number of anilines is 1. The molecular weight excluding hydrogens is 316 g/mol. The van der Waals surface area contributed by atoms with Crippen LogP contribution in [-0.2, 0) is 25.9 Å². The highest BCUT2D eigenvalue weighted by Crippen LogP contribution is 2.24. The summed E-state index contributed by atoms with van der Waals surface area (Å²) in [4.78, 5) is 12.4. The Morgan fingerprint density at radius 1 is 1.16 bits per heavy atom. The van der Waals surface area contributed by atoms with Crippen LogP contribution in [0, 0.1) is 0 Å². The third-order valence-electron chi connectivity index (χ3n) is 4.42. The molecule has 1 atom stereocenters. The molecule has 0 saturated heterocycles. The van der Waals surface area contributed by atoms with E-state index in [1.165, 1.54) is 11.1 Å². The molecule has 0 saturated carbocycles. The second-order valence-electron chi connectivity index (χ2n) is 6.34. The highest BCUT2D eigenvalue weighted by molar-refractivity contribution is 6.02. The van der Waals surface area contributed by atoms with Crippen LogP contribution in [0.1, 0.15) is 21.6 Å². The molecule has 0 bridgehead atoms. The smallest absolute Gasteiger partial charge is 0.276 e. The number of fused-ring (bicyclic) bond motifs is 1. The van der Waals surface area contributed by atoms with Crippen molar-refractivity contribution in [1.29, 1.82) is 0 Å². The van der Waals surface area contributed by atoms with Crippen LogP contribution in [0.5, 0.6) is 0 Å². The van der Waals surface area contributed by atoms with Gasteiger partial charge in [0.25, 0.3) is 5.91 Å². The lowest BCUT2D eigenvalue weighted by Crippen LogP contribution is -2.19. The van der Waals surface area contributed by atoms with Crippen molar-refractivity contribution in [2.45, 2.75) is 32.0 Å². The molecule has 1 unspecified atom stereocenters. The quantitative estimate of drug-likeness (QED) is 0.738. The Morgan fingerprint density at radius 2 is 2.00 bits per heavy atom. The number of amides is 1. The summed E-state index contributed by atoms with van der Waals surface area (Å²) in [5.74, 6) is -0.208. The zero-order valence-electron chi connectivity index (χ0n) is 13.8. The molecule has 1 aromatic carbocycles. The Kier molecular flexibility index (Phi) is 4.07. The zero-order chi connectivity index (χ0) is 17.2. The molecule has 3 N–H and O–H groups in total. The van der Waals surface area contributed by atoms with E-state index in [9.17, 15) is 4.79 Å². The first-order valence-electron chi connectivity index (χ1n) is 8.37. The van der Waals surface area contributed by atoms with E-state index < -0.39 is 0 Å². The van der Waals surface area contributed by atoms with Crippen molar-refractivity contribution in [3.05, 3.63) is 65.7 Å². The number of nitrogens with two attached hydrogens (primary N) is 1. The van der Waals surface area contributed by atoms with Gasteiger partial charge in [0, 0.05) is 30.3 Å². The summed E-state index contributed by atoms with van der Waals surface area (Å²) in [6, 6.07) is 9.76. The number of aromatic nitrogens is 4. The molecule has 7 nitrogen and oxygen atoms in total. The van der Waals surface area contributed by atoms with Crippen molar-refractivity contribution in [3.8, 4) is 0 Å². The molecule has 7 heteroatoms. The number of hydrogen-bond acceptors (Lipinski definition) is 4. The summed E-state index contributed by atoms with van der Waals surface area (Å²) in [6.45, 7) is 1.37. The Bertz CT molecular complexity index is 883. The van der Waals surface area contributed by atoms with Gasteiger partial charge in [-0.25, -0.2) is 0 Å². The van der Waals surface area contributed by atoms with E-state index in [1.54, 1.807) is 23.1 Å². The number of nitrogens with zero attached hydrogens (tertiary/aromatic N) is 4. The Balaban J connectivity index is 1.39. The lowest BCUT2D eigenvalue weighted by molar-refractivity contribution is 0.102. The zero-order valence-corrected chi connectivity index (χ0v) is 13.8. The maximum absolute atomic E-state index is 12.4. The number of aryl methyl sites for hydroxylation is 2. The molecule has 0 fully saturated rings. The fourth-order valence-corrected chi connectivity index (χ4v) is 3.17. The molecule has 1 amide bonds. The van der Waals surface area contributed by atoms with Gasteiger partial charge in [-0.3, -0.25) is 14.2 Å². The normalized spacial score (nSPS) is 16.0. The molecule has 4 rings (SSSR count). The maximum Gasteiger partial charge on any atom is 0.276 e. The van der Waals surface area contributed by atoms with Crippen molar-refractivity contribution in [2.75, 3.05) is 5.32 Å². The van der Waals surface area contributed by atoms with E-state index in [1.807, 2.05) is 35.1 Å². The summed E-state index contributed by atoms with van der Waals surface area (Å²) in [7, 11) is 0. The third-order valence-corrected chi connectivity index (χ3v) is 4.42. The minimum atomic E-state index is -0.208. The van der Waals surface area contributed by atoms with Crippen LogP contribution in [0.25, 0.3) is 0 Å². The molecule has 2 aromatic heterocycles. The van der Waals surface area contributed by atoms with E-state index in [-0.39, 0.29) is 11.9 Å². The van der Waals surface area contributed by atoms with Crippen molar-refractivity contribution in [2.24, 2.45) is 5.73 Å². The number of benzene rings is 1. The number of rotatable bonds is 5. The molecule has 128 valence electrons. The average molecular weight is 336 g/mol. The van der Waals surface area contributed by atoms with Crippen molar-refractivity contribution < 1.29 is 4.79 Å². The highest BCUT2D eigenvalue weighted by Gasteiger charge is 2.19. The van der Waals surface area contributed by atoms with Gasteiger partial charge in [-0.2, -0.15) is 10.2 Å². The average Bonchev–Trinajstić information content (AvgIpc) is 3.32. The van der Waals surface area contributed by atoms with Gasteiger partial charge in [-0.1, -0.05) is 6.07 Å². The fraction of sp³-hybridized carbons (Fsp3) is 0.278. The maximum atomic E-state index is 12.4. The Morgan fingerprint density at radius 3 is 2.84 bits per heavy atom. The van der Waals surface area contributed by atoms with E-state index in [0.29, 0.717) is 18.8 Å². The fourth-order valence-electron chi connectivity index (χ4n) is 3.17. The lowest BCUT2D eigenvalue weighted by atomic mass is 10.1. The van der Waals surface area contributed by atoms with Gasteiger partial charge in [0.1, 0.15) is 0 Å². The number of carbonyl (C=O) groups excluding carboxylic acids is 1. The van der Waals surface area contributed by atoms with Gasteiger partial charge in [0.2, 0.25) is 0 Å². The summed E-state index contributed by atoms with van der Waals surface area (Å²) < 4.78 is 3.58. The van der Waals surface area contributed by atoms with Crippen LogP contribution in [0.15, 0.2) is 48.9 Å². The van der Waals surface area contributed by atoms with Gasteiger partial charge in [-0.05, 0) is 48.2 Å². The highest BCUT2D eigenvalue weighted by atomic mass is 16.1. The van der Waals surface area contributed by atoms with Gasteiger partial charge >= 0.3 is 0 Å². The van der Waals surface area contributed by atoms with E-state index in [0.717, 1.165) is 18.5 Å². The SMILES string of the molecule is NC1Cc2ccc(NC(=O)c3ccn(CCn4cccn4)n3)cc2C1. The first-order chi connectivity index (χ1) is 12.2. The molecule has 1 aliphatic carbocycles. The summed E-state index contributed by atoms with van der Waals surface area (Å²) >= 11 is 0. The second-order valence-corrected chi connectivity index (χ2v) is 6.34. The summed E-state index contributed by atoms with van der Waals surface area (Å²) in [5.41, 5.74) is 9.66. The Labute approximate surface area is 145 Å². The topological polar surface area (TPSA) is 90.8 Å². The molecule has 0 aliphatic heterocycles. The van der Waals surface area contributed by atoms with Gasteiger partial charge in [0.05, 0.1) is 13.1 Å². The van der Waals surface area contributed by atoms with Crippen LogP contribution in [0.2, 0.25) is 0 Å². The minimum absolute atomic E-state index is 0.187. The van der Waals surface area contributed by atoms with Crippen LogP contribution in [0.3, 0.4) is 0 Å². The Hall–Kier alpha value is -2.93. The van der Waals surface area contributed by atoms with Crippen LogP contribution in [0.4, 0.5) is 5.69 Å². The molecule has 0 radical (unpaired) electrons. The van der Waals surface area contributed by atoms with Gasteiger partial charge in [-0.15, -0.1) is 0 Å². The molecule has 3 aromatic rings. The summed E-state index contributed by atoms with van der Waals surface area (Å²) in [6.07, 6.45) is 7.22. The van der Waals surface area contributed by atoms with Crippen molar-refractivity contribution in [3.63, 3.8) is 0 Å². The third kappa shape index (κ3) is 3.46. The molecule has 1 aliphatic rings. The largest absolute Gasteiger partial charge is 0.327 e. The van der Waals surface area contributed by atoms with Crippen molar-refractivity contribution in [1.82, 2.24) is 19.6 Å². The number of nitrogens with one attached hydrogen (secondary N) is 1. The standard InChI is InChI=1S/C18H20N6O/c19-15-10-13-2-3-16(12-14(13)11-15)21-18(25)17-4-7-24(22-17)9-8-23-6-1-5-20-23/h1-7,12,15H,8-11,19H2,(H,21,25). The number of hydrogen-bond donors (Lipinski definition) is 2. The monoisotopic (exact) mass is 336 g/mol. The first kappa shape index (κ1) is 15.6. The van der Waals surface area contributed by atoms with E-state index in [4.69, 9.17) is 5.73 Å². The molecule has 2 heterocycles. The predicted molar refractivity (Wildman–Crippen MR) is 94.2 cm³/mol. The van der Waals surface area contributed by atoms with Crippen LogP contribution >= 0.6 is 0 Å². The van der Waals surface area contributed by atoms with Crippen molar-refractivity contribution >= 4 is 11.6 Å². The summed E-state index contributed by atoms with van der Waals surface area (Å²) in [5, 5.41) is 11.4. The predicted octanol–water partition coefficient (Wildman–Crippen LogP) is 1.46. The van der Waals surface area contributed by atoms with Gasteiger partial charge in [0.15, 0.2) is 5.69 Å². The molecule has 0 spiro atoms. The molecular formula is C18H20N6O. The second kappa shape index (κ2) is 6.52. The molecule has 25 heavy (non-hydrogen) atoms. The van der Waals surface area contributed by atoms with E-state index >= 15 is 0 Å². The lowest BCUT2D eigenvalue weighted by Gasteiger charge is -2.06. The number of carbonyl (C=O) groups is 1. The van der Waals surface area contributed by atoms with Gasteiger partial charge < -0.3 is 11.1 Å². The van der Waals surface area contributed by atoms with Crippen LogP contribution < -0.4 is 11.1 Å². The van der Waals surface area contributed by atoms with E-state index in [2.05, 4.69) is 15.5 Å². The van der Waals surface area contributed by atoms with Crippen LogP contribution in [-0.4, -0.2) is 31.5 Å².